The summed E-state index contributed by atoms with van der Waals surface area (Å²) in [4.78, 5) is 38.0. The molecular weight excluding hydrogens is 781 g/mol. The van der Waals surface area contributed by atoms with E-state index >= 15 is 0 Å². The minimum absolute atomic E-state index is 0.0633. The SMILES string of the molecule is CCCCCCCCCCCCCCCC(=O)OC[C@H](COC(=O)CCCCCCCCCCC(C)C)OC(=O)CCCCCCCCCCCCCCCCCCCCC(C)C. The molecule has 0 rings (SSSR count). The maximum Gasteiger partial charge on any atom is 0.306 e. The Balaban J connectivity index is 4.23. The molecule has 0 aliphatic heterocycles. The highest BCUT2D eigenvalue weighted by Gasteiger charge is 2.19. The highest BCUT2D eigenvalue weighted by Crippen LogP contribution is 2.18. The van der Waals surface area contributed by atoms with E-state index in [1.807, 2.05) is 0 Å². The zero-order chi connectivity index (χ0) is 46.1. The van der Waals surface area contributed by atoms with Crippen LogP contribution in [0.15, 0.2) is 0 Å². The van der Waals surface area contributed by atoms with Gasteiger partial charge in [0, 0.05) is 19.3 Å². The lowest BCUT2D eigenvalue weighted by Gasteiger charge is -2.18. The Hall–Kier alpha value is -1.59. The second-order valence-corrected chi connectivity index (χ2v) is 20.5. The van der Waals surface area contributed by atoms with Gasteiger partial charge in [-0.05, 0) is 31.1 Å². The van der Waals surface area contributed by atoms with Gasteiger partial charge in [-0.3, -0.25) is 14.4 Å². The van der Waals surface area contributed by atoms with Crippen molar-refractivity contribution in [1.29, 1.82) is 0 Å². The molecule has 6 nitrogen and oxygen atoms in total. The van der Waals surface area contributed by atoms with Crippen molar-refractivity contribution in [2.24, 2.45) is 11.8 Å². The molecule has 0 radical (unpaired) electrons. The lowest BCUT2D eigenvalue weighted by Crippen LogP contribution is -2.30. The van der Waals surface area contributed by atoms with Crippen molar-refractivity contribution in [3.05, 3.63) is 0 Å². The van der Waals surface area contributed by atoms with Crippen molar-refractivity contribution in [2.75, 3.05) is 13.2 Å². The molecule has 0 saturated heterocycles. The van der Waals surface area contributed by atoms with Gasteiger partial charge in [0.15, 0.2) is 6.10 Å². The summed E-state index contributed by atoms with van der Waals surface area (Å²) < 4.78 is 16.8. The topological polar surface area (TPSA) is 78.9 Å². The van der Waals surface area contributed by atoms with E-state index in [0.29, 0.717) is 19.3 Å². The summed E-state index contributed by atoms with van der Waals surface area (Å²) in [6, 6.07) is 0. The van der Waals surface area contributed by atoms with Gasteiger partial charge in [-0.2, -0.15) is 0 Å². The number of ether oxygens (including phenoxy) is 3. The van der Waals surface area contributed by atoms with Gasteiger partial charge in [0.2, 0.25) is 0 Å². The first kappa shape index (κ1) is 61.4. The zero-order valence-corrected chi connectivity index (χ0v) is 43.2. The van der Waals surface area contributed by atoms with Crippen LogP contribution < -0.4 is 0 Å². The fourth-order valence-corrected chi connectivity index (χ4v) is 8.70. The van der Waals surface area contributed by atoms with Crippen LogP contribution in [0, 0.1) is 11.8 Å². The van der Waals surface area contributed by atoms with Gasteiger partial charge >= 0.3 is 17.9 Å². The van der Waals surface area contributed by atoms with Crippen LogP contribution in [0.5, 0.6) is 0 Å². The molecule has 0 amide bonds. The van der Waals surface area contributed by atoms with Gasteiger partial charge in [-0.25, -0.2) is 0 Å². The summed E-state index contributed by atoms with van der Waals surface area (Å²) in [5.41, 5.74) is 0. The van der Waals surface area contributed by atoms with E-state index in [9.17, 15) is 14.4 Å². The molecule has 6 heteroatoms. The number of unbranched alkanes of at least 4 members (excludes halogenated alkanes) is 36. The maximum absolute atomic E-state index is 12.8. The van der Waals surface area contributed by atoms with E-state index in [-0.39, 0.29) is 31.1 Å². The van der Waals surface area contributed by atoms with Crippen LogP contribution in [0.3, 0.4) is 0 Å². The Morgan fingerprint density at radius 1 is 0.302 bits per heavy atom. The van der Waals surface area contributed by atoms with Gasteiger partial charge in [0.25, 0.3) is 0 Å². The van der Waals surface area contributed by atoms with E-state index in [1.54, 1.807) is 0 Å². The molecule has 1 atom stereocenters. The van der Waals surface area contributed by atoms with Crippen LogP contribution in [-0.2, 0) is 28.6 Å². The molecule has 0 spiro atoms. The third-order valence-corrected chi connectivity index (χ3v) is 13.0. The number of hydrogen-bond acceptors (Lipinski definition) is 6. The van der Waals surface area contributed by atoms with Crippen LogP contribution in [-0.4, -0.2) is 37.2 Å². The molecule has 0 aromatic rings. The van der Waals surface area contributed by atoms with Crippen LogP contribution >= 0.6 is 0 Å². The van der Waals surface area contributed by atoms with E-state index in [2.05, 4.69) is 34.6 Å². The van der Waals surface area contributed by atoms with Crippen LogP contribution in [0.4, 0.5) is 0 Å². The maximum atomic E-state index is 12.8. The second-order valence-electron chi connectivity index (χ2n) is 20.5. The molecule has 0 aliphatic rings. The monoisotopic (exact) mass is 891 g/mol. The Kier molecular flexibility index (Phi) is 48.6. The van der Waals surface area contributed by atoms with E-state index < -0.39 is 6.10 Å². The lowest BCUT2D eigenvalue weighted by atomic mass is 10.0. The predicted octanol–water partition coefficient (Wildman–Crippen LogP) is 18.5. The van der Waals surface area contributed by atoms with Crippen LogP contribution in [0.25, 0.3) is 0 Å². The average Bonchev–Trinajstić information content (AvgIpc) is 3.25. The molecule has 0 N–H and O–H groups in total. The number of hydrogen-bond donors (Lipinski definition) is 0. The zero-order valence-electron chi connectivity index (χ0n) is 43.2. The Morgan fingerprint density at radius 3 is 0.778 bits per heavy atom. The minimum Gasteiger partial charge on any atom is -0.462 e. The molecular formula is C57H110O6. The summed E-state index contributed by atoms with van der Waals surface area (Å²) in [5.74, 6) is 0.811. The van der Waals surface area contributed by atoms with Crippen molar-refractivity contribution in [1.82, 2.24) is 0 Å². The standard InChI is InChI=1S/C57H110O6/c1-6-7-8-9-10-11-12-19-23-26-32-37-42-47-55(58)61-50-54(51-62-56(59)48-43-38-33-29-28-31-36-41-46-53(4)5)63-57(60)49-44-39-34-27-24-21-18-16-14-13-15-17-20-22-25-30-35-40-45-52(2)3/h52-54H,6-51H2,1-5H3/t54-/m1/s1. The number of carbonyl (C=O) groups excluding carboxylic acids is 3. The fourth-order valence-electron chi connectivity index (χ4n) is 8.70. The van der Waals surface area contributed by atoms with Crippen molar-refractivity contribution in [2.45, 2.75) is 323 Å². The highest BCUT2D eigenvalue weighted by molar-refractivity contribution is 5.71. The molecule has 0 fully saturated rings. The lowest BCUT2D eigenvalue weighted by molar-refractivity contribution is -0.167. The van der Waals surface area contributed by atoms with E-state index in [1.165, 1.54) is 205 Å². The van der Waals surface area contributed by atoms with Gasteiger partial charge < -0.3 is 14.2 Å². The summed E-state index contributed by atoms with van der Waals surface area (Å²) >= 11 is 0. The smallest absolute Gasteiger partial charge is 0.306 e. The first-order valence-electron chi connectivity index (χ1n) is 28.2. The number of esters is 3. The molecule has 0 saturated carbocycles. The average molecular weight is 892 g/mol. The van der Waals surface area contributed by atoms with Crippen molar-refractivity contribution < 1.29 is 28.6 Å². The first-order chi connectivity index (χ1) is 30.7. The van der Waals surface area contributed by atoms with Gasteiger partial charge in [-0.1, -0.05) is 279 Å². The van der Waals surface area contributed by atoms with Crippen LogP contribution in [0.1, 0.15) is 317 Å². The Bertz CT molecular complexity index is 962. The van der Waals surface area contributed by atoms with Crippen molar-refractivity contribution in [3.8, 4) is 0 Å². The Labute approximate surface area is 393 Å². The van der Waals surface area contributed by atoms with Crippen LogP contribution in [0.2, 0.25) is 0 Å². The summed E-state index contributed by atoms with van der Waals surface area (Å²) in [7, 11) is 0. The largest absolute Gasteiger partial charge is 0.462 e. The van der Waals surface area contributed by atoms with Crippen molar-refractivity contribution >= 4 is 17.9 Å². The van der Waals surface area contributed by atoms with Crippen molar-refractivity contribution in [3.63, 3.8) is 0 Å². The van der Waals surface area contributed by atoms with E-state index in [4.69, 9.17) is 14.2 Å². The fraction of sp³-hybridized carbons (Fsp3) is 0.947. The summed E-state index contributed by atoms with van der Waals surface area (Å²) in [5, 5.41) is 0. The molecule has 374 valence electrons. The molecule has 0 unspecified atom stereocenters. The third-order valence-electron chi connectivity index (χ3n) is 13.0. The van der Waals surface area contributed by atoms with Gasteiger partial charge in [0.1, 0.15) is 13.2 Å². The number of rotatable bonds is 51. The highest BCUT2D eigenvalue weighted by atomic mass is 16.6. The molecule has 63 heavy (non-hydrogen) atoms. The molecule has 0 aliphatic carbocycles. The molecule has 0 heterocycles. The number of carbonyl (C=O) groups is 3. The summed E-state index contributed by atoms with van der Waals surface area (Å²) in [6.45, 7) is 11.4. The molecule has 0 aromatic carbocycles. The predicted molar refractivity (Wildman–Crippen MR) is 270 cm³/mol. The van der Waals surface area contributed by atoms with Gasteiger partial charge in [-0.15, -0.1) is 0 Å². The van der Waals surface area contributed by atoms with Gasteiger partial charge in [0.05, 0.1) is 0 Å². The minimum atomic E-state index is -0.762. The molecule has 0 bridgehead atoms. The first-order valence-corrected chi connectivity index (χ1v) is 28.2. The quantitative estimate of drug-likeness (QED) is 0.0344. The Morgan fingerprint density at radius 2 is 0.524 bits per heavy atom. The second kappa shape index (κ2) is 49.8. The summed E-state index contributed by atoms with van der Waals surface area (Å²) in [6.07, 6.45) is 52.4. The third kappa shape index (κ3) is 51.3. The van der Waals surface area contributed by atoms with E-state index in [0.717, 1.165) is 69.6 Å². The normalized spacial score (nSPS) is 12.0. The molecule has 0 aromatic heterocycles.